The lowest BCUT2D eigenvalue weighted by Crippen LogP contribution is -2.17. The Morgan fingerprint density at radius 3 is 2.71 bits per heavy atom. The fourth-order valence-electron chi connectivity index (χ4n) is 1.81. The lowest BCUT2D eigenvalue weighted by Gasteiger charge is -2.17. The molecule has 0 bridgehead atoms. The highest BCUT2D eigenvalue weighted by molar-refractivity contribution is 6.31. The van der Waals surface area contributed by atoms with Gasteiger partial charge in [0.15, 0.2) is 0 Å². The minimum Gasteiger partial charge on any atom is -0.497 e. The van der Waals surface area contributed by atoms with Crippen LogP contribution in [0, 0.1) is 0 Å². The number of hydrogen-bond donors (Lipinski definition) is 1. The smallest absolute Gasteiger partial charge is 0.120 e. The quantitative estimate of drug-likeness (QED) is 0.906. The summed E-state index contributed by atoms with van der Waals surface area (Å²) in [5.74, 6) is 0.751. The first kappa shape index (κ1) is 12.0. The summed E-state index contributed by atoms with van der Waals surface area (Å²) in [6.07, 6.45) is 3.36. The summed E-state index contributed by atoms with van der Waals surface area (Å²) in [5, 5.41) is 3.88. The summed E-state index contributed by atoms with van der Waals surface area (Å²) in [5.41, 5.74) is 2.04. The van der Waals surface area contributed by atoms with Crippen molar-refractivity contribution in [3.05, 3.63) is 52.9 Å². The molecule has 0 radical (unpaired) electrons. The van der Waals surface area contributed by atoms with E-state index >= 15 is 0 Å². The molecular formula is C13H14ClNO2. The number of ether oxygens (including phenoxy) is 1. The van der Waals surface area contributed by atoms with Crippen LogP contribution >= 0.6 is 11.6 Å². The molecule has 2 rings (SSSR count). The van der Waals surface area contributed by atoms with Crippen LogP contribution in [0.2, 0.25) is 5.02 Å². The van der Waals surface area contributed by atoms with Crippen molar-refractivity contribution in [2.24, 2.45) is 0 Å². The molecule has 1 aromatic heterocycles. The lowest BCUT2D eigenvalue weighted by molar-refractivity contribution is 0.414. The Bertz CT molecular complexity index is 482. The van der Waals surface area contributed by atoms with Gasteiger partial charge in [0.1, 0.15) is 5.75 Å². The van der Waals surface area contributed by atoms with Crippen molar-refractivity contribution in [3.8, 4) is 5.75 Å². The predicted molar refractivity (Wildman–Crippen MR) is 67.6 cm³/mol. The molecule has 0 aliphatic carbocycles. The van der Waals surface area contributed by atoms with Crippen molar-refractivity contribution in [2.75, 3.05) is 14.2 Å². The first-order valence-electron chi connectivity index (χ1n) is 5.29. The molecule has 0 aliphatic rings. The maximum atomic E-state index is 6.25. The van der Waals surface area contributed by atoms with Crippen LogP contribution in [-0.4, -0.2) is 14.2 Å². The molecular weight excluding hydrogens is 238 g/mol. The average Bonchev–Trinajstić information content (AvgIpc) is 2.85. The van der Waals surface area contributed by atoms with Gasteiger partial charge >= 0.3 is 0 Å². The number of halogens is 1. The molecule has 0 fully saturated rings. The zero-order chi connectivity index (χ0) is 12.3. The van der Waals surface area contributed by atoms with E-state index < -0.39 is 0 Å². The molecule has 0 amide bonds. The van der Waals surface area contributed by atoms with Gasteiger partial charge in [-0.05, 0) is 30.8 Å². The minimum atomic E-state index is 0.0205. The van der Waals surface area contributed by atoms with Crippen LogP contribution < -0.4 is 10.1 Å². The maximum Gasteiger partial charge on any atom is 0.120 e. The summed E-state index contributed by atoms with van der Waals surface area (Å²) < 4.78 is 10.2. The van der Waals surface area contributed by atoms with Crippen molar-refractivity contribution in [1.82, 2.24) is 5.32 Å². The van der Waals surface area contributed by atoms with E-state index in [2.05, 4.69) is 5.32 Å². The van der Waals surface area contributed by atoms with Gasteiger partial charge in [0, 0.05) is 10.6 Å². The van der Waals surface area contributed by atoms with Gasteiger partial charge in [0.05, 0.1) is 25.7 Å². The normalized spacial score (nSPS) is 12.4. The fourth-order valence-corrected chi connectivity index (χ4v) is 2.09. The highest BCUT2D eigenvalue weighted by Crippen LogP contribution is 2.31. The van der Waals surface area contributed by atoms with Crippen molar-refractivity contribution in [2.45, 2.75) is 6.04 Å². The highest BCUT2D eigenvalue weighted by atomic mass is 35.5. The van der Waals surface area contributed by atoms with Crippen molar-refractivity contribution in [3.63, 3.8) is 0 Å². The largest absolute Gasteiger partial charge is 0.497 e. The van der Waals surface area contributed by atoms with Crippen molar-refractivity contribution < 1.29 is 9.15 Å². The SMILES string of the molecule is CNC(c1ccoc1)c1ccc(OC)cc1Cl. The average molecular weight is 252 g/mol. The zero-order valence-corrected chi connectivity index (χ0v) is 10.5. The van der Waals surface area contributed by atoms with E-state index in [4.69, 9.17) is 20.8 Å². The van der Waals surface area contributed by atoms with Gasteiger partial charge in [-0.2, -0.15) is 0 Å². The van der Waals surface area contributed by atoms with E-state index in [9.17, 15) is 0 Å². The topological polar surface area (TPSA) is 34.4 Å². The van der Waals surface area contributed by atoms with E-state index in [1.807, 2.05) is 25.2 Å². The molecule has 2 aromatic rings. The molecule has 1 heterocycles. The van der Waals surface area contributed by atoms with Crippen LogP contribution in [0.15, 0.2) is 41.2 Å². The Labute approximate surface area is 105 Å². The number of benzene rings is 1. The Balaban J connectivity index is 2.38. The second-order valence-electron chi connectivity index (χ2n) is 3.67. The monoisotopic (exact) mass is 251 g/mol. The summed E-state index contributed by atoms with van der Waals surface area (Å²) in [7, 11) is 3.51. The molecule has 0 saturated heterocycles. The highest BCUT2D eigenvalue weighted by Gasteiger charge is 2.16. The van der Waals surface area contributed by atoms with E-state index in [0.29, 0.717) is 5.02 Å². The number of hydrogen-bond acceptors (Lipinski definition) is 3. The zero-order valence-electron chi connectivity index (χ0n) is 9.74. The van der Waals surface area contributed by atoms with Crippen LogP contribution in [-0.2, 0) is 0 Å². The third-order valence-electron chi connectivity index (χ3n) is 2.68. The second kappa shape index (κ2) is 5.25. The number of furan rings is 1. The van der Waals surface area contributed by atoms with Crippen LogP contribution in [0.25, 0.3) is 0 Å². The third kappa shape index (κ3) is 2.46. The molecule has 0 spiro atoms. The third-order valence-corrected chi connectivity index (χ3v) is 3.01. The molecule has 1 unspecified atom stereocenters. The Morgan fingerprint density at radius 1 is 1.35 bits per heavy atom. The van der Waals surface area contributed by atoms with E-state index in [1.54, 1.807) is 25.7 Å². The summed E-state index contributed by atoms with van der Waals surface area (Å²) in [4.78, 5) is 0. The molecule has 17 heavy (non-hydrogen) atoms. The molecule has 3 nitrogen and oxygen atoms in total. The molecule has 1 N–H and O–H groups in total. The first-order valence-corrected chi connectivity index (χ1v) is 5.67. The molecule has 0 saturated carbocycles. The van der Waals surface area contributed by atoms with E-state index in [0.717, 1.165) is 16.9 Å². The van der Waals surface area contributed by atoms with Gasteiger partial charge in [-0.3, -0.25) is 0 Å². The maximum absolute atomic E-state index is 6.25. The van der Waals surface area contributed by atoms with E-state index in [1.165, 1.54) is 0 Å². The summed E-state index contributed by atoms with van der Waals surface area (Å²) in [6, 6.07) is 7.59. The lowest BCUT2D eigenvalue weighted by atomic mass is 10.0. The van der Waals surface area contributed by atoms with Crippen molar-refractivity contribution >= 4 is 11.6 Å². The fraction of sp³-hybridized carbons (Fsp3) is 0.231. The van der Waals surface area contributed by atoms with Crippen molar-refractivity contribution in [1.29, 1.82) is 0 Å². The Hall–Kier alpha value is -1.45. The van der Waals surface area contributed by atoms with Gasteiger partial charge in [-0.15, -0.1) is 0 Å². The van der Waals surface area contributed by atoms with Crippen LogP contribution in [0.1, 0.15) is 17.2 Å². The van der Waals surface area contributed by atoms with Gasteiger partial charge in [-0.1, -0.05) is 17.7 Å². The Morgan fingerprint density at radius 2 is 2.18 bits per heavy atom. The number of nitrogens with one attached hydrogen (secondary N) is 1. The molecule has 4 heteroatoms. The van der Waals surface area contributed by atoms with E-state index in [-0.39, 0.29) is 6.04 Å². The van der Waals surface area contributed by atoms with Crippen LogP contribution in [0.3, 0.4) is 0 Å². The molecule has 0 aliphatic heterocycles. The predicted octanol–water partition coefficient (Wildman–Crippen LogP) is 3.25. The standard InChI is InChI=1S/C13H14ClNO2/c1-15-13(9-5-6-17-8-9)11-4-3-10(16-2)7-12(11)14/h3-8,13,15H,1-2H3. The summed E-state index contributed by atoms with van der Waals surface area (Å²) in [6.45, 7) is 0. The van der Waals surface area contributed by atoms with Crippen LogP contribution in [0.5, 0.6) is 5.75 Å². The van der Waals surface area contributed by atoms with Gasteiger partial charge in [0.25, 0.3) is 0 Å². The number of rotatable bonds is 4. The summed E-state index contributed by atoms with van der Waals surface area (Å²) >= 11 is 6.25. The molecule has 1 atom stereocenters. The van der Waals surface area contributed by atoms with Gasteiger partial charge < -0.3 is 14.5 Å². The van der Waals surface area contributed by atoms with Gasteiger partial charge in [0.2, 0.25) is 0 Å². The van der Waals surface area contributed by atoms with Crippen LogP contribution in [0.4, 0.5) is 0 Å². The molecule has 90 valence electrons. The number of methoxy groups -OCH3 is 1. The van der Waals surface area contributed by atoms with Gasteiger partial charge in [-0.25, -0.2) is 0 Å². The Kier molecular flexibility index (Phi) is 3.71. The molecule has 1 aromatic carbocycles. The minimum absolute atomic E-state index is 0.0205. The second-order valence-corrected chi connectivity index (χ2v) is 4.07. The first-order chi connectivity index (χ1) is 8.26.